The summed E-state index contributed by atoms with van der Waals surface area (Å²) in [6.07, 6.45) is 1.98. The van der Waals surface area contributed by atoms with Crippen LogP contribution in [0.2, 0.25) is 0 Å². The van der Waals surface area contributed by atoms with Crippen LogP contribution in [-0.2, 0) is 0 Å². The summed E-state index contributed by atoms with van der Waals surface area (Å²) in [5, 5.41) is 0. The van der Waals surface area contributed by atoms with Crippen LogP contribution >= 0.6 is 11.8 Å². The minimum atomic E-state index is -0.554. The van der Waals surface area contributed by atoms with E-state index in [2.05, 4.69) is 0 Å². The molecule has 0 aliphatic rings. The van der Waals surface area contributed by atoms with Crippen molar-refractivity contribution in [2.75, 3.05) is 24.8 Å². The van der Waals surface area contributed by atoms with Crippen molar-refractivity contribution in [1.29, 1.82) is 0 Å². The van der Waals surface area contributed by atoms with Crippen molar-refractivity contribution in [2.45, 2.75) is 13.0 Å². The number of nitrogens with two attached hydrogens (primary N) is 1. The summed E-state index contributed by atoms with van der Waals surface area (Å²) in [4.78, 5) is 13.6. The second-order valence-electron chi connectivity index (χ2n) is 3.96. The number of hydrogen-bond acceptors (Lipinski definition) is 3. The number of nitrogens with zero attached hydrogens (tertiary/aromatic N) is 1. The summed E-state index contributed by atoms with van der Waals surface area (Å²) in [6, 6.07) is 4.25. The maximum atomic E-state index is 13.3. The number of amides is 1. The molecule has 17 heavy (non-hydrogen) atoms. The number of carbonyl (C=O) groups is 1. The molecule has 0 aromatic heterocycles. The molecule has 94 valence electrons. The number of anilines is 1. The lowest BCUT2D eigenvalue weighted by Crippen LogP contribution is -2.36. The van der Waals surface area contributed by atoms with E-state index in [1.54, 1.807) is 29.8 Å². The SMILES string of the molecule is CSCC(C)N(C)C(=O)c1ccc(N)c(F)c1. The van der Waals surface area contributed by atoms with Gasteiger partial charge in [0.1, 0.15) is 5.82 Å². The molecule has 5 heteroatoms. The van der Waals surface area contributed by atoms with Crippen molar-refractivity contribution < 1.29 is 9.18 Å². The van der Waals surface area contributed by atoms with Crippen molar-refractivity contribution in [2.24, 2.45) is 0 Å². The fourth-order valence-corrected chi connectivity index (χ4v) is 2.12. The lowest BCUT2D eigenvalue weighted by atomic mass is 10.1. The van der Waals surface area contributed by atoms with Gasteiger partial charge in [0.15, 0.2) is 0 Å². The Bertz CT molecular complexity index is 411. The number of halogens is 1. The molecule has 0 aliphatic heterocycles. The van der Waals surface area contributed by atoms with Crippen LogP contribution in [0.1, 0.15) is 17.3 Å². The Kier molecular flexibility index (Phi) is 4.81. The molecule has 0 saturated heterocycles. The van der Waals surface area contributed by atoms with Crippen LogP contribution in [-0.4, -0.2) is 35.9 Å². The van der Waals surface area contributed by atoms with Gasteiger partial charge in [-0.25, -0.2) is 4.39 Å². The maximum absolute atomic E-state index is 13.3. The van der Waals surface area contributed by atoms with Crippen molar-refractivity contribution in [3.8, 4) is 0 Å². The number of hydrogen-bond donors (Lipinski definition) is 1. The monoisotopic (exact) mass is 256 g/mol. The fraction of sp³-hybridized carbons (Fsp3) is 0.417. The molecule has 0 aliphatic carbocycles. The quantitative estimate of drug-likeness (QED) is 0.840. The van der Waals surface area contributed by atoms with E-state index >= 15 is 0 Å². The van der Waals surface area contributed by atoms with E-state index in [4.69, 9.17) is 5.73 Å². The zero-order chi connectivity index (χ0) is 13.0. The Morgan fingerprint density at radius 3 is 2.76 bits per heavy atom. The third-order valence-corrected chi connectivity index (χ3v) is 3.45. The molecule has 1 unspecified atom stereocenters. The van der Waals surface area contributed by atoms with Gasteiger partial charge in [-0.15, -0.1) is 0 Å². The third-order valence-electron chi connectivity index (χ3n) is 2.64. The summed E-state index contributed by atoms with van der Waals surface area (Å²) in [5.41, 5.74) is 5.75. The number of thioether (sulfide) groups is 1. The Hall–Kier alpha value is -1.23. The zero-order valence-electron chi connectivity index (χ0n) is 10.2. The van der Waals surface area contributed by atoms with Crippen LogP contribution in [0.3, 0.4) is 0 Å². The molecular formula is C12H17FN2OS. The summed E-state index contributed by atoms with van der Waals surface area (Å²) in [5.74, 6) is 0.104. The highest BCUT2D eigenvalue weighted by Gasteiger charge is 2.17. The second kappa shape index (κ2) is 5.91. The maximum Gasteiger partial charge on any atom is 0.253 e. The lowest BCUT2D eigenvalue weighted by Gasteiger charge is -2.24. The van der Waals surface area contributed by atoms with E-state index in [1.807, 2.05) is 13.2 Å². The molecule has 3 nitrogen and oxygen atoms in total. The molecule has 1 aromatic carbocycles. The summed E-state index contributed by atoms with van der Waals surface area (Å²) in [7, 11) is 1.72. The zero-order valence-corrected chi connectivity index (χ0v) is 11.1. The van der Waals surface area contributed by atoms with E-state index in [-0.39, 0.29) is 17.6 Å². The van der Waals surface area contributed by atoms with Crippen LogP contribution in [0.5, 0.6) is 0 Å². The van der Waals surface area contributed by atoms with Crippen LogP contribution in [0, 0.1) is 5.82 Å². The Balaban J connectivity index is 2.85. The van der Waals surface area contributed by atoms with Crippen LogP contribution < -0.4 is 5.73 Å². The third kappa shape index (κ3) is 3.36. The average Bonchev–Trinajstić information content (AvgIpc) is 2.31. The van der Waals surface area contributed by atoms with Gasteiger partial charge < -0.3 is 10.6 Å². The smallest absolute Gasteiger partial charge is 0.253 e. The van der Waals surface area contributed by atoms with Gasteiger partial charge in [0, 0.05) is 24.4 Å². The van der Waals surface area contributed by atoms with Gasteiger partial charge >= 0.3 is 0 Å². The predicted molar refractivity (Wildman–Crippen MR) is 70.7 cm³/mol. The van der Waals surface area contributed by atoms with E-state index < -0.39 is 5.82 Å². The molecular weight excluding hydrogens is 239 g/mol. The van der Waals surface area contributed by atoms with Crippen molar-refractivity contribution in [1.82, 2.24) is 4.90 Å². The topological polar surface area (TPSA) is 46.3 Å². The molecule has 1 atom stereocenters. The molecule has 0 bridgehead atoms. The average molecular weight is 256 g/mol. The summed E-state index contributed by atoms with van der Waals surface area (Å²) in [6.45, 7) is 1.96. The molecule has 1 rings (SSSR count). The van der Waals surface area contributed by atoms with Gasteiger partial charge in [0.25, 0.3) is 5.91 Å². The molecule has 0 saturated carbocycles. The van der Waals surface area contributed by atoms with Gasteiger partial charge in [0.2, 0.25) is 0 Å². The normalized spacial score (nSPS) is 12.2. The van der Waals surface area contributed by atoms with Crippen LogP contribution in [0.15, 0.2) is 18.2 Å². The molecule has 0 spiro atoms. The minimum absolute atomic E-state index is 0.0568. The number of benzene rings is 1. The second-order valence-corrected chi connectivity index (χ2v) is 4.87. The first kappa shape index (κ1) is 13.8. The fourth-order valence-electron chi connectivity index (χ4n) is 1.42. The van der Waals surface area contributed by atoms with Crippen LogP contribution in [0.4, 0.5) is 10.1 Å². The Labute approximate surface area is 105 Å². The minimum Gasteiger partial charge on any atom is -0.396 e. The van der Waals surface area contributed by atoms with Crippen molar-refractivity contribution in [3.63, 3.8) is 0 Å². The highest BCUT2D eigenvalue weighted by atomic mass is 32.2. The van der Waals surface area contributed by atoms with E-state index in [0.29, 0.717) is 5.56 Å². The number of rotatable bonds is 4. The van der Waals surface area contributed by atoms with Gasteiger partial charge in [-0.3, -0.25) is 4.79 Å². The highest BCUT2D eigenvalue weighted by molar-refractivity contribution is 7.98. The van der Waals surface area contributed by atoms with E-state index in [9.17, 15) is 9.18 Å². The molecule has 0 radical (unpaired) electrons. The summed E-state index contributed by atoms with van der Waals surface area (Å²) < 4.78 is 13.3. The first-order valence-corrected chi connectivity index (χ1v) is 6.68. The van der Waals surface area contributed by atoms with Crippen molar-refractivity contribution in [3.05, 3.63) is 29.6 Å². The molecule has 1 aromatic rings. The van der Waals surface area contributed by atoms with Gasteiger partial charge in [-0.05, 0) is 31.4 Å². The molecule has 0 fully saturated rings. The molecule has 0 heterocycles. The predicted octanol–water partition coefficient (Wildman–Crippen LogP) is 2.23. The van der Waals surface area contributed by atoms with Crippen LogP contribution in [0.25, 0.3) is 0 Å². The highest BCUT2D eigenvalue weighted by Crippen LogP contribution is 2.15. The Morgan fingerprint density at radius 2 is 2.24 bits per heavy atom. The van der Waals surface area contributed by atoms with Crippen molar-refractivity contribution >= 4 is 23.4 Å². The lowest BCUT2D eigenvalue weighted by molar-refractivity contribution is 0.0757. The molecule has 2 N–H and O–H groups in total. The Morgan fingerprint density at radius 1 is 1.59 bits per heavy atom. The van der Waals surface area contributed by atoms with E-state index in [1.165, 1.54) is 12.1 Å². The van der Waals surface area contributed by atoms with E-state index in [0.717, 1.165) is 5.75 Å². The summed E-state index contributed by atoms with van der Waals surface area (Å²) >= 11 is 1.67. The standard InChI is InChI=1S/C12H17FN2OS/c1-8(7-17-3)15(2)12(16)9-4-5-11(14)10(13)6-9/h4-6,8H,7,14H2,1-3H3. The first-order valence-electron chi connectivity index (χ1n) is 5.28. The van der Waals surface area contributed by atoms with Gasteiger partial charge in [-0.2, -0.15) is 11.8 Å². The number of nitrogen functional groups attached to an aromatic ring is 1. The largest absolute Gasteiger partial charge is 0.396 e. The molecule has 1 amide bonds. The van der Waals surface area contributed by atoms with Gasteiger partial charge in [-0.1, -0.05) is 0 Å². The number of carbonyl (C=O) groups excluding carboxylic acids is 1. The first-order chi connectivity index (χ1) is 7.97. The van der Waals surface area contributed by atoms with Gasteiger partial charge in [0.05, 0.1) is 5.69 Å².